The van der Waals surface area contributed by atoms with Crippen LogP contribution in [0.1, 0.15) is 19.4 Å². The number of rotatable bonds is 3. The number of aliphatic carboxylic acids is 1. The van der Waals surface area contributed by atoms with Gasteiger partial charge in [-0.1, -0.05) is 18.2 Å². The molecule has 0 aliphatic carbocycles. The molecule has 0 unspecified atom stereocenters. The minimum Gasteiger partial charge on any atom is -0.481 e. The number of benzene rings is 1. The van der Waals surface area contributed by atoms with Crippen molar-refractivity contribution < 1.29 is 9.90 Å². The summed E-state index contributed by atoms with van der Waals surface area (Å²) in [5.74, 6) is -0.753. The third-order valence-electron chi connectivity index (χ3n) is 3.37. The highest BCUT2D eigenvalue weighted by Crippen LogP contribution is 2.26. The molecule has 0 radical (unpaired) electrons. The fourth-order valence-corrected chi connectivity index (χ4v) is 2.24. The Hall–Kier alpha value is -1.55. The first-order chi connectivity index (χ1) is 8.50. The number of carboxylic acids is 1. The Labute approximate surface area is 108 Å². The molecule has 1 aliphatic heterocycles. The molecular weight excluding hydrogens is 228 g/mol. The van der Waals surface area contributed by atoms with Gasteiger partial charge in [-0.25, -0.2) is 0 Å². The van der Waals surface area contributed by atoms with E-state index in [4.69, 9.17) is 0 Å². The number of nitrogens with zero attached hydrogens (tertiary/aromatic N) is 1. The second-order valence-electron chi connectivity index (χ2n) is 5.42. The molecule has 0 saturated carbocycles. The lowest BCUT2D eigenvalue weighted by atomic mass is 9.92. The largest absolute Gasteiger partial charge is 0.481 e. The van der Waals surface area contributed by atoms with Gasteiger partial charge in [-0.05, 0) is 25.5 Å². The minimum atomic E-state index is -0.753. The normalized spacial score (nSPS) is 16.0. The fraction of sp³-hybridized carbons (Fsp3) is 0.500. The molecule has 0 fully saturated rings. The van der Waals surface area contributed by atoms with Gasteiger partial charge < -0.3 is 15.3 Å². The van der Waals surface area contributed by atoms with Crippen LogP contribution in [0.3, 0.4) is 0 Å². The Balaban J connectivity index is 2.26. The van der Waals surface area contributed by atoms with E-state index in [0.29, 0.717) is 6.54 Å². The summed E-state index contributed by atoms with van der Waals surface area (Å²) in [7, 11) is 0. The van der Waals surface area contributed by atoms with Gasteiger partial charge in [-0.2, -0.15) is 0 Å². The van der Waals surface area contributed by atoms with Gasteiger partial charge in [0.25, 0.3) is 0 Å². The third-order valence-corrected chi connectivity index (χ3v) is 3.37. The summed E-state index contributed by atoms with van der Waals surface area (Å²) in [5.41, 5.74) is 1.64. The quantitative estimate of drug-likeness (QED) is 0.855. The van der Waals surface area contributed by atoms with E-state index >= 15 is 0 Å². The summed E-state index contributed by atoms with van der Waals surface area (Å²) < 4.78 is 0. The molecule has 0 saturated heterocycles. The number of hydrogen-bond donors (Lipinski definition) is 2. The Morgan fingerprint density at radius 3 is 2.89 bits per heavy atom. The topological polar surface area (TPSA) is 52.6 Å². The molecule has 0 spiro atoms. The van der Waals surface area contributed by atoms with Gasteiger partial charge in [0.1, 0.15) is 0 Å². The molecule has 1 aromatic rings. The summed E-state index contributed by atoms with van der Waals surface area (Å²) >= 11 is 0. The molecular formula is C14H20N2O2. The van der Waals surface area contributed by atoms with Gasteiger partial charge in [-0.15, -0.1) is 0 Å². The molecule has 0 atom stereocenters. The molecule has 2 rings (SSSR count). The maximum absolute atomic E-state index is 11.3. The highest BCUT2D eigenvalue weighted by atomic mass is 16.4. The lowest BCUT2D eigenvalue weighted by Crippen LogP contribution is -2.41. The fourth-order valence-electron chi connectivity index (χ4n) is 2.24. The van der Waals surface area contributed by atoms with Gasteiger partial charge in [0.15, 0.2) is 0 Å². The van der Waals surface area contributed by atoms with E-state index in [-0.39, 0.29) is 0 Å². The van der Waals surface area contributed by atoms with Crippen molar-refractivity contribution in [3.63, 3.8) is 0 Å². The highest BCUT2D eigenvalue weighted by molar-refractivity contribution is 5.74. The van der Waals surface area contributed by atoms with Crippen molar-refractivity contribution in [1.82, 2.24) is 5.32 Å². The van der Waals surface area contributed by atoms with Crippen LogP contribution in [0.25, 0.3) is 0 Å². The zero-order chi connectivity index (χ0) is 13.2. The van der Waals surface area contributed by atoms with Gasteiger partial charge in [0.05, 0.1) is 5.41 Å². The van der Waals surface area contributed by atoms with Crippen LogP contribution in [0, 0.1) is 5.41 Å². The lowest BCUT2D eigenvalue weighted by Gasteiger charge is -2.31. The standard InChI is InChI=1S/C14H20N2O2/c1-14(2,13(17)18)10-16-8-7-15-9-11-5-3-4-6-12(11)16/h3-6,15H,7-10H2,1-2H3,(H,17,18). The van der Waals surface area contributed by atoms with Gasteiger partial charge >= 0.3 is 5.97 Å². The summed E-state index contributed by atoms with van der Waals surface area (Å²) in [5, 5.41) is 12.6. The highest BCUT2D eigenvalue weighted by Gasteiger charge is 2.30. The smallest absolute Gasteiger partial charge is 0.310 e. The van der Waals surface area contributed by atoms with E-state index in [1.807, 2.05) is 12.1 Å². The van der Waals surface area contributed by atoms with E-state index in [0.717, 1.165) is 25.3 Å². The van der Waals surface area contributed by atoms with E-state index < -0.39 is 11.4 Å². The minimum absolute atomic E-state index is 0.529. The van der Waals surface area contributed by atoms with E-state index in [9.17, 15) is 9.90 Å². The first-order valence-corrected chi connectivity index (χ1v) is 6.28. The Kier molecular flexibility index (Phi) is 3.57. The van der Waals surface area contributed by atoms with Crippen LogP contribution in [-0.2, 0) is 11.3 Å². The number of nitrogens with one attached hydrogen (secondary N) is 1. The van der Waals surface area contributed by atoms with Crippen LogP contribution in [0.4, 0.5) is 5.69 Å². The van der Waals surface area contributed by atoms with Crippen molar-refractivity contribution in [2.45, 2.75) is 20.4 Å². The maximum Gasteiger partial charge on any atom is 0.310 e. The summed E-state index contributed by atoms with van der Waals surface area (Å²) in [6.45, 7) is 6.64. The van der Waals surface area contributed by atoms with E-state index in [1.54, 1.807) is 13.8 Å². The molecule has 1 aromatic carbocycles. The molecule has 0 aromatic heterocycles. The Bertz CT molecular complexity index is 443. The number of hydrogen-bond acceptors (Lipinski definition) is 3. The molecule has 98 valence electrons. The second-order valence-corrected chi connectivity index (χ2v) is 5.42. The number of carbonyl (C=O) groups is 1. The van der Waals surface area contributed by atoms with Crippen LogP contribution >= 0.6 is 0 Å². The van der Waals surface area contributed by atoms with Gasteiger partial charge in [-0.3, -0.25) is 4.79 Å². The first kappa shape index (κ1) is 12.9. The molecule has 1 aliphatic rings. The Morgan fingerprint density at radius 2 is 2.17 bits per heavy atom. The Morgan fingerprint density at radius 1 is 1.44 bits per heavy atom. The van der Waals surface area contributed by atoms with E-state index in [1.165, 1.54) is 5.56 Å². The molecule has 18 heavy (non-hydrogen) atoms. The molecule has 2 N–H and O–H groups in total. The molecule has 0 amide bonds. The number of para-hydroxylation sites is 1. The predicted molar refractivity (Wildman–Crippen MR) is 71.8 cm³/mol. The van der Waals surface area contributed by atoms with Crippen molar-refractivity contribution in [3.05, 3.63) is 29.8 Å². The summed E-state index contributed by atoms with van der Waals surface area (Å²) in [4.78, 5) is 13.4. The SMILES string of the molecule is CC(C)(CN1CCNCc2ccccc21)C(=O)O. The van der Waals surface area contributed by atoms with Crippen LogP contribution in [-0.4, -0.2) is 30.7 Å². The van der Waals surface area contributed by atoms with Crippen molar-refractivity contribution in [2.24, 2.45) is 5.41 Å². The average Bonchev–Trinajstić information content (AvgIpc) is 2.52. The van der Waals surface area contributed by atoms with Crippen molar-refractivity contribution >= 4 is 11.7 Å². The van der Waals surface area contributed by atoms with Crippen LogP contribution < -0.4 is 10.2 Å². The average molecular weight is 248 g/mol. The summed E-state index contributed by atoms with van der Waals surface area (Å²) in [6.07, 6.45) is 0. The van der Waals surface area contributed by atoms with Gasteiger partial charge in [0.2, 0.25) is 0 Å². The molecule has 0 bridgehead atoms. The number of fused-ring (bicyclic) bond motifs is 1. The lowest BCUT2D eigenvalue weighted by molar-refractivity contribution is -0.146. The predicted octanol–water partition coefficient (Wildman–Crippen LogP) is 1.71. The number of anilines is 1. The van der Waals surface area contributed by atoms with Crippen molar-refractivity contribution in [3.8, 4) is 0 Å². The molecule has 1 heterocycles. The third kappa shape index (κ3) is 2.64. The van der Waals surface area contributed by atoms with Crippen LogP contribution in [0.15, 0.2) is 24.3 Å². The van der Waals surface area contributed by atoms with Crippen molar-refractivity contribution in [2.75, 3.05) is 24.5 Å². The summed E-state index contributed by atoms with van der Waals surface area (Å²) in [6, 6.07) is 8.19. The van der Waals surface area contributed by atoms with E-state index in [2.05, 4.69) is 22.3 Å². The zero-order valence-electron chi connectivity index (χ0n) is 10.9. The molecule has 4 nitrogen and oxygen atoms in total. The first-order valence-electron chi connectivity index (χ1n) is 6.28. The van der Waals surface area contributed by atoms with Crippen molar-refractivity contribution in [1.29, 1.82) is 0 Å². The second kappa shape index (κ2) is 4.98. The molecule has 4 heteroatoms. The monoisotopic (exact) mass is 248 g/mol. The van der Waals surface area contributed by atoms with Gasteiger partial charge in [0, 0.05) is 31.9 Å². The van der Waals surface area contributed by atoms with Crippen LogP contribution in [0.2, 0.25) is 0 Å². The maximum atomic E-state index is 11.3. The zero-order valence-corrected chi connectivity index (χ0v) is 10.9. The van der Waals surface area contributed by atoms with Crippen LogP contribution in [0.5, 0.6) is 0 Å². The number of carboxylic acid groups (broad SMARTS) is 1.